The van der Waals surface area contributed by atoms with Gasteiger partial charge in [0, 0.05) is 12.6 Å². The van der Waals surface area contributed by atoms with Gasteiger partial charge < -0.3 is 10.1 Å². The first-order chi connectivity index (χ1) is 11.4. The summed E-state index contributed by atoms with van der Waals surface area (Å²) in [4.78, 5) is 0.268. The van der Waals surface area contributed by atoms with E-state index in [1.54, 1.807) is 19.2 Å². The lowest BCUT2D eigenvalue weighted by atomic mass is 10.1. The molecular formula is C18H24N2O3S. The first-order valence-electron chi connectivity index (χ1n) is 7.77. The predicted octanol–water partition coefficient (Wildman–Crippen LogP) is 2.76. The van der Waals surface area contributed by atoms with Crippen molar-refractivity contribution in [1.82, 2.24) is 10.0 Å². The van der Waals surface area contributed by atoms with E-state index in [9.17, 15) is 8.42 Å². The second-order valence-electron chi connectivity index (χ2n) is 5.74. The SMILES string of the molecule is CNS(=O)(=O)c1ccc([C@H](C)NCc2cc(C)cc(OC)c2)cc1. The number of methoxy groups -OCH3 is 1. The largest absolute Gasteiger partial charge is 0.497 e. The Hall–Kier alpha value is -1.89. The highest BCUT2D eigenvalue weighted by atomic mass is 32.2. The van der Waals surface area contributed by atoms with Crippen LogP contribution in [0, 0.1) is 6.92 Å². The molecule has 5 nitrogen and oxygen atoms in total. The lowest BCUT2D eigenvalue weighted by Crippen LogP contribution is -2.20. The molecule has 1 atom stereocenters. The van der Waals surface area contributed by atoms with Crippen LogP contribution in [-0.4, -0.2) is 22.6 Å². The molecule has 2 aromatic rings. The molecule has 130 valence electrons. The van der Waals surface area contributed by atoms with Gasteiger partial charge in [0.05, 0.1) is 12.0 Å². The predicted molar refractivity (Wildman–Crippen MR) is 95.7 cm³/mol. The Morgan fingerprint density at radius 2 is 1.79 bits per heavy atom. The van der Waals surface area contributed by atoms with Crippen molar-refractivity contribution in [3.8, 4) is 5.75 Å². The lowest BCUT2D eigenvalue weighted by molar-refractivity contribution is 0.413. The third-order valence-corrected chi connectivity index (χ3v) is 5.35. The average molecular weight is 348 g/mol. The van der Waals surface area contributed by atoms with Crippen LogP contribution in [0.2, 0.25) is 0 Å². The Labute approximate surface area is 144 Å². The second-order valence-corrected chi connectivity index (χ2v) is 7.62. The molecule has 0 heterocycles. The maximum Gasteiger partial charge on any atom is 0.240 e. The fraction of sp³-hybridized carbons (Fsp3) is 0.333. The highest BCUT2D eigenvalue weighted by Crippen LogP contribution is 2.19. The zero-order valence-electron chi connectivity index (χ0n) is 14.5. The molecule has 6 heteroatoms. The van der Waals surface area contributed by atoms with E-state index in [1.807, 2.05) is 31.2 Å². The van der Waals surface area contributed by atoms with Crippen LogP contribution in [0.25, 0.3) is 0 Å². The highest BCUT2D eigenvalue weighted by Gasteiger charge is 2.12. The molecule has 24 heavy (non-hydrogen) atoms. The topological polar surface area (TPSA) is 67.4 Å². The minimum Gasteiger partial charge on any atom is -0.497 e. The van der Waals surface area contributed by atoms with Gasteiger partial charge in [0.2, 0.25) is 10.0 Å². The van der Waals surface area contributed by atoms with Crippen molar-refractivity contribution < 1.29 is 13.2 Å². The molecule has 0 aliphatic rings. The molecule has 0 amide bonds. The number of aryl methyl sites for hydroxylation is 1. The molecule has 0 aromatic heterocycles. The van der Waals surface area contributed by atoms with E-state index in [2.05, 4.69) is 23.0 Å². The van der Waals surface area contributed by atoms with Gasteiger partial charge in [-0.3, -0.25) is 0 Å². The first-order valence-corrected chi connectivity index (χ1v) is 9.25. The summed E-state index contributed by atoms with van der Waals surface area (Å²) in [6, 6.07) is 13.1. The summed E-state index contributed by atoms with van der Waals surface area (Å²) in [5, 5.41) is 3.45. The summed E-state index contributed by atoms with van der Waals surface area (Å²) >= 11 is 0. The van der Waals surface area contributed by atoms with Crippen LogP contribution in [0.3, 0.4) is 0 Å². The summed E-state index contributed by atoms with van der Waals surface area (Å²) in [5.41, 5.74) is 3.33. The molecule has 0 spiro atoms. The number of nitrogens with one attached hydrogen (secondary N) is 2. The molecule has 0 saturated carbocycles. The van der Waals surface area contributed by atoms with E-state index in [4.69, 9.17) is 4.74 Å². The van der Waals surface area contributed by atoms with Gasteiger partial charge in [-0.05, 0) is 61.9 Å². The fourth-order valence-corrected chi connectivity index (χ4v) is 3.22. The van der Waals surface area contributed by atoms with Crippen molar-refractivity contribution in [2.45, 2.75) is 31.3 Å². The van der Waals surface area contributed by atoms with Gasteiger partial charge in [0.1, 0.15) is 5.75 Å². The number of hydrogen-bond donors (Lipinski definition) is 2. The summed E-state index contributed by atoms with van der Waals surface area (Å²) in [6.45, 7) is 4.79. The van der Waals surface area contributed by atoms with Gasteiger partial charge in [-0.1, -0.05) is 18.2 Å². The van der Waals surface area contributed by atoms with Crippen molar-refractivity contribution in [2.75, 3.05) is 14.2 Å². The molecule has 0 saturated heterocycles. The van der Waals surface area contributed by atoms with Gasteiger partial charge in [0.25, 0.3) is 0 Å². The number of sulfonamides is 1. The lowest BCUT2D eigenvalue weighted by Gasteiger charge is -2.16. The molecular weight excluding hydrogens is 324 g/mol. The summed E-state index contributed by atoms with van der Waals surface area (Å²) in [7, 11) is -0.324. The Balaban J connectivity index is 2.05. The molecule has 0 unspecified atom stereocenters. The Bertz CT molecular complexity index is 786. The minimum absolute atomic E-state index is 0.0999. The Kier molecular flexibility index (Phi) is 5.99. The third-order valence-electron chi connectivity index (χ3n) is 3.92. The zero-order valence-corrected chi connectivity index (χ0v) is 15.3. The van der Waals surface area contributed by atoms with Crippen molar-refractivity contribution >= 4 is 10.0 Å². The van der Waals surface area contributed by atoms with E-state index in [-0.39, 0.29) is 10.9 Å². The first kappa shape index (κ1) is 18.4. The maximum atomic E-state index is 11.7. The van der Waals surface area contributed by atoms with Crippen LogP contribution in [0.5, 0.6) is 5.75 Å². The normalized spacial score (nSPS) is 12.8. The van der Waals surface area contributed by atoms with Gasteiger partial charge in [-0.15, -0.1) is 0 Å². The van der Waals surface area contributed by atoms with E-state index in [0.717, 1.165) is 22.4 Å². The molecule has 2 aromatic carbocycles. The van der Waals surface area contributed by atoms with Crippen LogP contribution in [0.1, 0.15) is 29.7 Å². The fourth-order valence-electron chi connectivity index (χ4n) is 2.49. The summed E-state index contributed by atoms with van der Waals surface area (Å²) in [6.07, 6.45) is 0. The van der Waals surface area contributed by atoms with Crippen LogP contribution in [0.4, 0.5) is 0 Å². The smallest absolute Gasteiger partial charge is 0.240 e. The Morgan fingerprint density at radius 3 is 2.38 bits per heavy atom. The van der Waals surface area contributed by atoms with Crippen LogP contribution < -0.4 is 14.8 Å². The second kappa shape index (κ2) is 7.79. The van der Waals surface area contributed by atoms with Gasteiger partial charge in [-0.2, -0.15) is 0 Å². The van der Waals surface area contributed by atoms with E-state index >= 15 is 0 Å². The van der Waals surface area contributed by atoms with Crippen LogP contribution >= 0.6 is 0 Å². The molecule has 0 bridgehead atoms. The third kappa shape index (κ3) is 4.56. The maximum absolute atomic E-state index is 11.7. The van der Waals surface area contributed by atoms with E-state index in [0.29, 0.717) is 6.54 Å². The molecule has 0 radical (unpaired) electrons. The molecule has 2 rings (SSSR count). The molecule has 0 aliphatic heterocycles. The number of benzene rings is 2. The van der Waals surface area contributed by atoms with Crippen LogP contribution in [-0.2, 0) is 16.6 Å². The number of ether oxygens (including phenoxy) is 1. The monoisotopic (exact) mass is 348 g/mol. The standard InChI is InChI=1S/C18H24N2O3S/c1-13-9-15(11-17(10-13)23-4)12-20-14(2)16-5-7-18(8-6-16)24(21,22)19-3/h5-11,14,19-20H,12H2,1-4H3/t14-/m0/s1. The van der Waals surface area contributed by atoms with Crippen molar-refractivity contribution in [3.05, 3.63) is 59.2 Å². The van der Waals surface area contributed by atoms with Crippen molar-refractivity contribution in [3.63, 3.8) is 0 Å². The van der Waals surface area contributed by atoms with E-state index < -0.39 is 10.0 Å². The van der Waals surface area contributed by atoms with Crippen molar-refractivity contribution in [1.29, 1.82) is 0 Å². The van der Waals surface area contributed by atoms with Crippen LogP contribution in [0.15, 0.2) is 47.4 Å². The van der Waals surface area contributed by atoms with Crippen molar-refractivity contribution in [2.24, 2.45) is 0 Å². The average Bonchev–Trinajstić information content (AvgIpc) is 2.59. The quantitative estimate of drug-likeness (QED) is 0.807. The molecule has 0 fully saturated rings. The number of hydrogen-bond acceptors (Lipinski definition) is 4. The summed E-state index contributed by atoms with van der Waals surface area (Å²) < 4.78 is 31.1. The van der Waals surface area contributed by atoms with Gasteiger partial charge >= 0.3 is 0 Å². The Morgan fingerprint density at radius 1 is 1.12 bits per heavy atom. The minimum atomic E-state index is -3.39. The molecule has 0 aliphatic carbocycles. The zero-order chi connectivity index (χ0) is 17.7. The number of rotatable bonds is 7. The highest BCUT2D eigenvalue weighted by molar-refractivity contribution is 7.89. The summed E-state index contributed by atoms with van der Waals surface area (Å²) in [5.74, 6) is 0.848. The van der Waals surface area contributed by atoms with Gasteiger partial charge in [-0.25, -0.2) is 13.1 Å². The molecule has 2 N–H and O–H groups in total. The van der Waals surface area contributed by atoms with Gasteiger partial charge in [0.15, 0.2) is 0 Å². The van der Waals surface area contributed by atoms with E-state index in [1.165, 1.54) is 7.05 Å².